The highest BCUT2D eigenvalue weighted by molar-refractivity contribution is 7.89. The highest BCUT2D eigenvalue weighted by Gasteiger charge is 2.33. The molecule has 2 aromatic carbocycles. The summed E-state index contributed by atoms with van der Waals surface area (Å²) in [6, 6.07) is 4.07. The van der Waals surface area contributed by atoms with E-state index >= 15 is 4.39 Å². The molecule has 0 spiro atoms. The lowest BCUT2D eigenvalue weighted by molar-refractivity contribution is 0.0731. The van der Waals surface area contributed by atoms with Crippen LogP contribution in [0.25, 0.3) is 11.0 Å². The number of carbonyl (C=O) groups is 2. The second-order valence-electron chi connectivity index (χ2n) is 11.9. The minimum Gasteiger partial charge on any atom is -0.422 e. The van der Waals surface area contributed by atoms with Crippen molar-refractivity contribution in [2.45, 2.75) is 37.8 Å². The number of methoxy groups -OCH3 is 1. The van der Waals surface area contributed by atoms with E-state index in [0.29, 0.717) is 24.2 Å². The van der Waals surface area contributed by atoms with Crippen LogP contribution >= 0.6 is 0 Å². The van der Waals surface area contributed by atoms with Crippen LogP contribution < -0.4 is 16.3 Å². The van der Waals surface area contributed by atoms with Crippen LogP contribution in [0.15, 0.2) is 32.3 Å². The van der Waals surface area contributed by atoms with Gasteiger partial charge in [-0.15, -0.1) is 0 Å². The Morgan fingerprint density at radius 1 is 1.13 bits per heavy atom. The maximum Gasteiger partial charge on any atom is 0.341 e. The van der Waals surface area contributed by atoms with Gasteiger partial charge in [0, 0.05) is 69.6 Å². The van der Waals surface area contributed by atoms with E-state index in [1.54, 1.807) is 7.11 Å². The number of benzene rings is 2. The van der Waals surface area contributed by atoms with Crippen LogP contribution in [0.5, 0.6) is 0 Å². The number of hydrogen-bond donors (Lipinski definition) is 1. The number of anilines is 1. The molecule has 1 saturated heterocycles. The summed E-state index contributed by atoms with van der Waals surface area (Å²) in [5, 5.41) is 0.830. The number of fused-ring (bicyclic) bond motifs is 3. The van der Waals surface area contributed by atoms with Crippen molar-refractivity contribution in [3.63, 3.8) is 0 Å². The number of nitrogens with zero attached hydrogens (tertiary/aromatic N) is 4. The summed E-state index contributed by atoms with van der Waals surface area (Å²) in [6.07, 6.45) is 0.331. The van der Waals surface area contributed by atoms with Crippen molar-refractivity contribution in [1.82, 2.24) is 14.1 Å². The molecule has 3 aromatic rings. The molecule has 0 radical (unpaired) electrons. The predicted molar refractivity (Wildman–Crippen MR) is 167 cm³/mol. The van der Waals surface area contributed by atoms with Crippen molar-refractivity contribution in [3.8, 4) is 0 Å². The average Bonchev–Trinajstić information content (AvgIpc) is 2.98. The van der Waals surface area contributed by atoms with E-state index in [1.165, 1.54) is 19.0 Å². The van der Waals surface area contributed by atoms with Crippen molar-refractivity contribution in [2.75, 3.05) is 65.9 Å². The highest BCUT2D eigenvalue weighted by atomic mass is 32.2. The van der Waals surface area contributed by atoms with E-state index in [-0.39, 0.29) is 24.7 Å². The molecule has 0 saturated carbocycles. The molecule has 2 amide bonds. The van der Waals surface area contributed by atoms with Gasteiger partial charge in [-0.3, -0.25) is 14.5 Å². The van der Waals surface area contributed by atoms with Gasteiger partial charge in [-0.1, -0.05) is 0 Å². The van der Waals surface area contributed by atoms with E-state index in [1.807, 2.05) is 13.8 Å². The Balaban J connectivity index is 1.51. The minimum atomic E-state index is -4.33. The van der Waals surface area contributed by atoms with Crippen LogP contribution in [-0.4, -0.2) is 101 Å². The Hall–Kier alpha value is -3.85. The van der Waals surface area contributed by atoms with E-state index < -0.39 is 43.7 Å². The summed E-state index contributed by atoms with van der Waals surface area (Å²) in [7, 11) is 1.87. The van der Waals surface area contributed by atoms with Crippen LogP contribution in [0.3, 0.4) is 0 Å². The van der Waals surface area contributed by atoms with Gasteiger partial charge in [-0.2, -0.15) is 0 Å². The monoisotopic (exact) mass is 643 g/mol. The van der Waals surface area contributed by atoms with Gasteiger partial charge in [0.15, 0.2) is 0 Å². The van der Waals surface area contributed by atoms with Crippen molar-refractivity contribution in [2.24, 2.45) is 5.73 Å². The first-order chi connectivity index (χ1) is 21.2. The lowest BCUT2D eigenvalue weighted by Crippen LogP contribution is -2.53. The minimum absolute atomic E-state index is 0.112. The molecule has 2 aliphatic rings. The number of piperazine rings is 1. The Morgan fingerprint density at radius 2 is 1.84 bits per heavy atom. The molecule has 3 heterocycles. The second-order valence-corrected chi connectivity index (χ2v) is 14.0. The van der Waals surface area contributed by atoms with Gasteiger partial charge in [-0.05, 0) is 56.6 Å². The molecule has 2 N–H and O–H groups in total. The number of carbonyl (C=O) groups excluding carboxylic acids is 2. The van der Waals surface area contributed by atoms with Crippen molar-refractivity contribution in [1.29, 1.82) is 0 Å². The molecule has 14 heteroatoms. The van der Waals surface area contributed by atoms with Gasteiger partial charge in [-0.25, -0.2) is 21.9 Å². The third-order valence-electron chi connectivity index (χ3n) is 8.86. The number of primary amides is 1. The van der Waals surface area contributed by atoms with Gasteiger partial charge in [0.05, 0.1) is 35.2 Å². The first-order valence-electron chi connectivity index (χ1n) is 14.5. The Labute approximate surface area is 261 Å². The molecule has 12 nitrogen and oxygen atoms in total. The maximum absolute atomic E-state index is 15.1. The van der Waals surface area contributed by atoms with E-state index in [0.717, 1.165) is 63.8 Å². The van der Waals surface area contributed by atoms with Crippen molar-refractivity contribution >= 4 is 38.5 Å². The number of aryl methyl sites for hydroxylation is 2. The van der Waals surface area contributed by atoms with Gasteiger partial charge < -0.3 is 24.7 Å². The molecule has 0 unspecified atom stereocenters. The van der Waals surface area contributed by atoms with E-state index in [9.17, 15) is 22.8 Å². The number of rotatable bonds is 7. The summed E-state index contributed by atoms with van der Waals surface area (Å²) < 4.78 is 53.0. The van der Waals surface area contributed by atoms with Gasteiger partial charge in [0.25, 0.3) is 11.8 Å². The van der Waals surface area contributed by atoms with Crippen LogP contribution in [0, 0.1) is 19.7 Å². The fourth-order valence-electron chi connectivity index (χ4n) is 6.32. The van der Waals surface area contributed by atoms with E-state index in [4.69, 9.17) is 14.9 Å². The Kier molecular flexibility index (Phi) is 8.79. The number of likely N-dealkylation sites (N-methyl/N-ethyl adjacent to an activating group) is 1. The summed E-state index contributed by atoms with van der Waals surface area (Å²) in [5.74, 6) is -3.21. The average molecular weight is 644 g/mol. The highest BCUT2D eigenvalue weighted by Crippen LogP contribution is 2.36. The van der Waals surface area contributed by atoms with Gasteiger partial charge >= 0.3 is 5.63 Å². The molecule has 2 aliphatic heterocycles. The molecule has 45 heavy (non-hydrogen) atoms. The largest absolute Gasteiger partial charge is 0.422 e. The van der Waals surface area contributed by atoms with Crippen LogP contribution in [-0.2, 0) is 27.7 Å². The Bertz CT molecular complexity index is 1870. The number of ether oxygens (including phenoxy) is 1. The first-order valence-corrected chi connectivity index (χ1v) is 16.0. The quantitative estimate of drug-likeness (QED) is 0.381. The molecule has 1 fully saturated rings. The second kappa shape index (κ2) is 12.2. The number of sulfonamides is 1. The van der Waals surface area contributed by atoms with Crippen LogP contribution in [0.1, 0.15) is 43.0 Å². The smallest absolute Gasteiger partial charge is 0.341 e. The summed E-state index contributed by atoms with van der Waals surface area (Å²) in [6.45, 7) is 7.04. The Morgan fingerprint density at radius 3 is 2.49 bits per heavy atom. The molecular weight excluding hydrogens is 605 g/mol. The molecule has 1 aromatic heterocycles. The molecule has 242 valence electrons. The first kappa shape index (κ1) is 32.5. The maximum atomic E-state index is 15.1. The fraction of sp³-hybridized carbons (Fsp3) is 0.452. The SMILES string of the molecule is COC[C@H]1CN(c2cc(C)c3c4c(c(=O)oc3c2C)CN(C(=O)c2cc(F)c(C(N)=O)c(S(=O)(=O)N(C)C)c2)CC4)CCN1C. The normalized spacial score (nSPS) is 17.6. The third kappa shape index (κ3) is 5.71. The summed E-state index contributed by atoms with van der Waals surface area (Å²) in [5.41, 5.74) is 8.00. The van der Waals surface area contributed by atoms with Crippen molar-refractivity contribution < 1.29 is 31.6 Å². The fourth-order valence-corrected chi connectivity index (χ4v) is 7.44. The molecule has 5 rings (SSSR count). The summed E-state index contributed by atoms with van der Waals surface area (Å²) in [4.78, 5) is 44.1. The lowest BCUT2D eigenvalue weighted by Gasteiger charge is -2.41. The molecule has 0 bridgehead atoms. The molecule has 1 atom stereocenters. The predicted octanol–water partition coefficient (Wildman–Crippen LogP) is 1.86. The van der Waals surface area contributed by atoms with E-state index in [2.05, 4.69) is 22.9 Å². The van der Waals surface area contributed by atoms with Crippen molar-refractivity contribution in [3.05, 3.63) is 67.8 Å². The zero-order valence-corrected chi connectivity index (χ0v) is 27.1. The zero-order chi connectivity index (χ0) is 33.0. The summed E-state index contributed by atoms with van der Waals surface area (Å²) >= 11 is 0. The number of amides is 2. The lowest BCUT2D eigenvalue weighted by atomic mass is 9.92. The number of nitrogens with two attached hydrogens (primary N) is 1. The molecule has 0 aliphatic carbocycles. The topological polar surface area (TPSA) is 147 Å². The third-order valence-corrected chi connectivity index (χ3v) is 10.7. The number of hydrogen-bond acceptors (Lipinski definition) is 9. The zero-order valence-electron chi connectivity index (χ0n) is 26.3. The molecular formula is C31H38FN5O7S. The van der Waals surface area contributed by atoms with Gasteiger partial charge in [0.1, 0.15) is 11.4 Å². The van der Waals surface area contributed by atoms with Crippen LogP contribution in [0.2, 0.25) is 0 Å². The van der Waals surface area contributed by atoms with Gasteiger partial charge in [0.2, 0.25) is 10.0 Å². The van der Waals surface area contributed by atoms with Crippen LogP contribution in [0.4, 0.5) is 10.1 Å². The standard InChI is InChI=1S/C31H38FN5O7S/c1-17-11-24(36-10-9-35(5)20(14-36)16-43-6)18(2)28-26(17)21-7-8-37(15-22(21)31(40)44-28)30(39)19-12-23(32)27(29(33)38)25(13-19)45(41,42)34(3)4/h11-13,20H,7-10,14-16H2,1-6H3,(H2,33,38)/t20-/m1/s1. The number of halogens is 1.